The second-order valence-electron chi connectivity index (χ2n) is 4.91. The summed E-state index contributed by atoms with van der Waals surface area (Å²) in [7, 11) is 0. The van der Waals surface area contributed by atoms with Crippen molar-refractivity contribution < 1.29 is 10.2 Å². The van der Waals surface area contributed by atoms with E-state index in [2.05, 4.69) is 21.5 Å². The van der Waals surface area contributed by atoms with Crippen molar-refractivity contribution >= 4 is 40.2 Å². The smallest absolute Gasteiger partial charge is 0.854 e. The molecule has 2 aromatic heterocycles. The molecule has 0 saturated heterocycles. The molecule has 3 N–H and O–H groups in total. The van der Waals surface area contributed by atoms with Gasteiger partial charge in [0.2, 0.25) is 5.95 Å². The monoisotopic (exact) mass is 299 g/mol. The van der Waals surface area contributed by atoms with Crippen LogP contribution in [0.5, 0.6) is 0 Å². The number of rotatable bonds is 2. The van der Waals surface area contributed by atoms with Crippen molar-refractivity contribution in [3.05, 3.63) is 28.8 Å². The standard InChI is InChI=1S/C12H13N5O3.Mg/c1-5-6(3-18)8(19)2-7(5)17-4-14-9-10(17)15-12(13)16-11(9)20;/h4,6-8H,1-3H2,(H3,13,15,16,20);/q-2;+2/t6-,7-,8-;/m0./s1. The number of fused-ring (bicyclic) bond motifs is 1. The third-order valence-corrected chi connectivity index (χ3v) is 3.77. The number of H-pyrrole nitrogens is 1. The molecule has 2 heterocycles. The minimum atomic E-state index is -0.984. The molecule has 3 rings (SSSR count). The molecule has 0 aromatic carbocycles. The zero-order valence-electron chi connectivity index (χ0n) is 11.3. The third kappa shape index (κ3) is 2.46. The zero-order valence-corrected chi connectivity index (χ0v) is 12.7. The average molecular weight is 300 g/mol. The minimum Gasteiger partial charge on any atom is -0.854 e. The predicted octanol–water partition coefficient (Wildman–Crippen LogP) is -2.47. The van der Waals surface area contributed by atoms with Crippen LogP contribution >= 0.6 is 0 Å². The predicted molar refractivity (Wildman–Crippen MR) is 73.3 cm³/mol. The SMILES string of the molecule is C=C1[C@H](C[O-])[C@@H]([O-])C[C@@H]1n1cnc2c(=O)[nH]c(N)nc21.[Mg+2]. The topological polar surface area (TPSA) is 136 Å². The molecule has 0 spiro atoms. The first-order valence-electron chi connectivity index (χ1n) is 6.18. The number of aromatic nitrogens is 4. The van der Waals surface area contributed by atoms with Crippen molar-refractivity contribution in [3.8, 4) is 0 Å². The van der Waals surface area contributed by atoms with Crippen molar-refractivity contribution in [2.45, 2.75) is 18.6 Å². The molecule has 9 heteroatoms. The Balaban J connectivity index is 0.00000161. The third-order valence-electron chi connectivity index (χ3n) is 3.77. The van der Waals surface area contributed by atoms with E-state index in [1.54, 1.807) is 4.57 Å². The second-order valence-corrected chi connectivity index (χ2v) is 4.91. The van der Waals surface area contributed by atoms with Gasteiger partial charge in [-0.2, -0.15) is 4.98 Å². The Labute approximate surface area is 135 Å². The summed E-state index contributed by atoms with van der Waals surface area (Å²) >= 11 is 0. The molecule has 0 radical (unpaired) electrons. The number of nitrogen functional groups attached to an aromatic ring is 1. The summed E-state index contributed by atoms with van der Waals surface area (Å²) in [6.45, 7) is 3.37. The Kier molecular flexibility index (Phi) is 4.37. The quantitative estimate of drug-likeness (QED) is 0.466. The van der Waals surface area contributed by atoms with Gasteiger partial charge in [0, 0.05) is 0 Å². The van der Waals surface area contributed by atoms with E-state index in [-0.39, 0.29) is 47.0 Å². The van der Waals surface area contributed by atoms with Crippen molar-refractivity contribution in [2.75, 3.05) is 12.3 Å². The maximum atomic E-state index is 11.9. The molecule has 1 saturated carbocycles. The Morgan fingerprint density at radius 1 is 1.57 bits per heavy atom. The van der Waals surface area contributed by atoms with Gasteiger partial charge < -0.3 is 20.5 Å². The maximum Gasteiger partial charge on any atom is 2.00 e. The van der Waals surface area contributed by atoms with Crippen LogP contribution < -0.4 is 21.5 Å². The van der Waals surface area contributed by atoms with Crippen molar-refractivity contribution in [2.24, 2.45) is 5.92 Å². The number of nitrogens with zero attached hydrogens (tertiary/aromatic N) is 3. The molecule has 21 heavy (non-hydrogen) atoms. The summed E-state index contributed by atoms with van der Waals surface area (Å²) in [5.74, 6) is -0.622. The first kappa shape index (κ1) is 16.0. The van der Waals surface area contributed by atoms with Crippen LogP contribution in [0, 0.1) is 5.92 Å². The van der Waals surface area contributed by atoms with Crippen LogP contribution in [0.2, 0.25) is 0 Å². The first-order chi connectivity index (χ1) is 9.52. The summed E-state index contributed by atoms with van der Waals surface area (Å²) < 4.78 is 1.60. The first-order valence-corrected chi connectivity index (χ1v) is 6.18. The number of anilines is 1. The summed E-state index contributed by atoms with van der Waals surface area (Å²) in [6.07, 6.45) is 0.690. The summed E-state index contributed by atoms with van der Waals surface area (Å²) in [4.78, 5) is 22.1. The van der Waals surface area contributed by atoms with Crippen molar-refractivity contribution in [3.63, 3.8) is 0 Å². The van der Waals surface area contributed by atoms with Gasteiger partial charge in [-0.3, -0.25) is 9.78 Å². The fraction of sp³-hybridized carbons (Fsp3) is 0.417. The molecule has 0 bridgehead atoms. The molecule has 1 aliphatic carbocycles. The van der Waals surface area contributed by atoms with Gasteiger partial charge in [-0.05, 0) is 12.3 Å². The van der Waals surface area contributed by atoms with Crippen LogP contribution in [-0.4, -0.2) is 55.3 Å². The van der Waals surface area contributed by atoms with E-state index < -0.39 is 24.2 Å². The van der Waals surface area contributed by atoms with E-state index in [0.29, 0.717) is 11.2 Å². The molecule has 106 valence electrons. The molecular weight excluding hydrogens is 286 g/mol. The van der Waals surface area contributed by atoms with Crippen molar-refractivity contribution in [1.82, 2.24) is 19.5 Å². The normalized spacial score (nSPS) is 25.2. The largest absolute Gasteiger partial charge is 2.00 e. The van der Waals surface area contributed by atoms with Gasteiger partial charge in [0.25, 0.3) is 5.56 Å². The zero-order chi connectivity index (χ0) is 14.4. The number of nitrogens with two attached hydrogens (primary N) is 1. The summed E-state index contributed by atoms with van der Waals surface area (Å²) in [6, 6.07) is -0.366. The fourth-order valence-corrected chi connectivity index (χ4v) is 2.70. The van der Waals surface area contributed by atoms with E-state index in [0.717, 1.165) is 0 Å². The van der Waals surface area contributed by atoms with Gasteiger partial charge in [0.15, 0.2) is 11.2 Å². The Morgan fingerprint density at radius 2 is 2.29 bits per heavy atom. The Morgan fingerprint density at radius 3 is 2.90 bits per heavy atom. The van der Waals surface area contributed by atoms with Gasteiger partial charge in [-0.1, -0.05) is 12.2 Å². The van der Waals surface area contributed by atoms with E-state index >= 15 is 0 Å². The van der Waals surface area contributed by atoms with Crippen LogP contribution in [0.4, 0.5) is 5.95 Å². The van der Waals surface area contributed by atoms with Gasteiger partial charge >= 0.3 is 23.1 Å². The number of nitrogens with one attached hydrogen (secondary N) is 1. The molecule has 0 amide bonds. The molecule has 8 nitrogen and oxygen atoms in total. The van der Waals surface area contributed by atoms with Gasteiger partial charge in [0.1, 0.15) is 0 Å². The molecule has 0 aliphatic heterocycles. The van der Waals surface area contributed by atoms with Crippen LogP contribution in [0.25, 0.3) is 11.2 Å². The molecule has 1 fully saturated rings. The van der Waals surface area contributed by atoms with E-state index in [1.165, 1.54) is 6.33 Å². The van der Waals surface area contributed by atoms with Gasteiger partial charge in [-0.25, -0.2) is 4.98 Å². The number of aromatic amines is 1. The van der Waals surface area contributed by atoms with E-state index in [9.17, 15) is 15.0 Å². The summed E-state index contributed by atoms with van der Waals surface area (Å²) in [5.41, 5.74) is 6.11. The molecule has 3 atom stereocenters. The number of hydrogen-bond acceptors (Lipinski definition) is 6. The van der Waals surface area contributed by atoms with E-state index in [4.69, 9.17) is 5.73 Å². The minimum absolute atomic E-state index is 0. The summed E-state index contributed by atoms with van der Waals surface area (Å²) in [5, 5.41) is 22.9. The fourth-order valence-electron chi connectivity index (χ4n) is 2.70. The van der Waals surface area contributed by atoms with Crippen LogP contribution in [0.15, 0.2) is 23.3 Å². The molecule has 1 aliphatic rings. The maximum absolute atomic E-state index is 11.9. The molecule has 2 aromatic rings. The molecule has 0 unspecified atom stereocenters. The van der Waals surface area contributed by atoms with Crippen LogP contribution in [0.1, 0.15) is 12.5 Å². The van der Waals surface area contributed by atoms with Crippen molar-refractivity contribution in [1.29, 1.82) is 0 Å². The average Bonchev–Trinajstić information content (AvgIpc) is 2.91. The van der Waals surface area contributed by atoms with Crippen LogP contribution in [-0.2, 0) is 0 Å². The second kappa shape index (κ2) is 5.76. The van der Waals surface area contributed by atoms with Gasteiger partial charge in [-0.15, -0.1) is 12.7 Å². The molecular formula is C12H13MgN5O3. The number of hydrogen-bond donors (Lipinski definition) is 2. The Bertz CT molecular complexity index is 740. The Hall–Kier alpha value is -1.42. The van der Waals surface area contributed by atoms with Crippen LogP contribution in [0.3, 0.4) is 0 Å². The van der Waals surface area contributed by atoms with Gasteiger partial charge in [0.05, 0.1) is 12.4 Å². The number of imidazole rings is 1. The van der Waals surface area contributed by atoms with E-state index in [1.807, 2.05) is 0 Å².